The summed E-state index contributed by atoms with van der Waals surface area (Å²) in [6, 6.07) is 10.1. The van der Waals surface area contributed by atoms with E-state index in [2.05, 4.69) is 19.1 Å². The maximum absolute atomic E-state index is 10.8. The molecule has 0 aliphatic carbocycles. The van der Waals surface area contributed by atoms with Crippen molar-refractivity contribution in [3.05, 3.63) is 63.7 Å². The summed E-state index contributed by atoms with van der Waals surface area (Å²) >= 11 is 0. The second-order valence-electron chi connectivity index (χ2n) is 5.46. The number of aliphatic hydroxyl groups excluding tert-OH is 1. The lowest BCUT2D eigenvalue weighted by Gasteiger charge is -2.20. The van der Waals surface area contributed by atoms with E-state index in [0.717, 1.165) is 33.6 Å². The Bertz CT molecular complexity index is 606. The van der Waals surface area contributed by atoms with Crippen LogP contribution in [0.3, 0.4) is 0 Å². The van der Waals surface area contributed by atoms with Crippen molar-refractivity contribution in [2.45, 2.75) is 33.8 Å². The van der Waals surface area contributed by atoms with Crippen molar-refractivity contribution in [3.8, 4) is 5.75 Å². The van der Waals surface area contributed by atoms with Crippen molar-refractivity contribution >= 4 is 0 Å². The summed E-state index contributed by atoms with van der Waals surface area (Å²) < 4.78 is 5.39. The summed E-state index contributed by atoms with van der Waals surface area (Å²) in [7, 11) is 1.63. The number of rotatable bonds is 3. The van der Waals surface area contributed by atoms with Crippen molar-refractivity contribution in [2.75, 3.05) is 7.11 Å². The second kappa shape index (κ2) is 5.68. The largest absolute Gasteiger partial charge is 0.496 e. The van der Waals surface area contributed by atoms with Gasteiger partial charge < -0.3 is 9.84 Å². The molecule has 1 unspecified atom stereocenters. The Morgan fingerprint density at radius 3 is 2.05 bits per heavy atom. The number of ether oxygens (including phenoxy) is 1. The van der Waals surface area contributed by atoms with Gasteiger partial charge in [0, 0.05) is 5.56 Å². The van der Waals surface area contributed by atoms with E-state index in [-0.39, 0.29) is 0 Å². The van der Waals surface area contributed by atoms with Crippen molar-refractivity contribution in [1.29, 1.82) is 0 Å². The Morgan fingerprint density at radius 1 is 0.900 bits per heavy atom. The summed E-state index contributed by atoms with van der Waals surface area (Å²) in [6.07, 6.45) is -0.662. The molecule has 0 amide bonds. The predicted molar refractivity (Wildman–Crippen MR) is 82.4 cm³/mol. The minimum absolute atomic E-state index is 0.662. The Morgan fingerprint density at radius 2 is 1.50 bits per heavy atom. The summed E-state index contributed by atoms with van der Waals surface area (Å²) in [6.45, 7) is 8.18. The maximum Gasteiger partial charge on any atom is 0.125 e. The molecule has 2 nitrogen and oxygen atoms in total. The molecule has 0 radical (unpaired) electrons. The molecule has 0 spiro atoms. The Kier molecular flexibility index (Phi) is 4.15. The lowest BCUT2D eigenvalue weighted by atomic mass is 9.91. The minimum atomic E-state index is -0.662. The monoisotopic (exact) mass is 270 g/mol. The molecule has 0 bridgehead atoms. The fourth-order valence-electron chi connectivity index (χ4n) is 2.85. The molecule has 1 atom stereocenters. The highest BCUT2D eigenvalue weighted by molar-refractivity contribution is 5.47. The van der Waals surface area contributed by atoms with E-state index in [1.165, 1.54) is 5.56 Å². The van der Waals surface area contributed by atoms with E-state index in [1.807, 2.05) is 39.0 Å². The van der Waals surface area contributed by atoms with Crippen molar-refractivity contribution in [2.24, 2.45) is 0 Å². The van der Waals surface area contributed by atoms with Crippen LogP contribution >= 0.6 is 0 Å². The van der Waals surface area contributed by atoms with E-state index in [9.17, 15) is 5.11 Å². The van der Waals surface area contributed by atoms with Gasteiger partial charge in [-0.05, 0) is 56.5 Å². The van der Waals surface area contributed by atoms with Crippen LogP contribution in [0.25, 0.3) is 0 Å². The molecule has 2 aromatic carbocycles. The molecule has 20 heavy (non-hydrogen) atoms. The molecule has 2 aromatic rings. The zero-order chi connectivity index (χ0) is 14.9. The topological polar surface area (TPSA) is 29.5 Å². The van der Waals surface area contributed by atoms with E-state index in [4.69, 9.17) is 4.74 Å². The lowest BCUT2D eigenvalue weighted by molar-refractivity contribution is 0.213. The number of hydrogen-bond acceptors (Lipinski definition) is 2. The summed E-state index contributed by atoms with van der Waals surface area (Å²) in [4.78, 5) is 0. The predicted octanol–water partition coefficient (Wildman–Crippen LogP) is 4.01. The first-order chi connectivity index (χ1) is 9.43. The average Bonchev–Trinajstić information content (AvgIpc) is 2.37. The van der Waals surface area contributed by atoms with Gasteiger partial charge in [-0.2, -0.15) is 0 Å². The summed E-state index contributed by atoms with van der Waals surface area (Å²) in [5.41, 5.74) is 6.34. The fourth-order valence-corrected chi connectivity index (χ4v) is 2.85. The Hall–Kier alpha value is -1.80. The molecule has 0 saturated heterocycles. The number of aliphatic hydroxyl groups is 1. The fraction of sp³-hybridized carbons (Fsp3) is 0.333. The van der Waals surface area contributed by atoms with E-state index >= 15 is 0 Å². The molecular formula is C18H22O2. The molecule has 0 heterocycles. The second-order valence-corrected chi connectivity index (χ2v) is 5.46. The smallest absolute Gasteiger partial charge is 0.125 e. The van der Waals surface area contributed by atoms with Crippen LogP contribution in [-0.4, -0.2) is 12.2 Å². The third kappa shape index (κ3) is 2.70. The van der Waals surface area contributed by atoms with Gasteiger partial charge in [-0.1, -0.05) is 29.3 Å². The Balaban J connectivity index is 2.57. The maximum atomic E-state index is 10.8. The van der Waals surface area contributed by atoms with Crippen LogP contribution in [0.5, 0.6) is 5.75 Å². The average molecular weight is 270 g/mol. The van der Waals surface area contributed by atoms with Gasteiger partial charge in [0.25, 0.3) is 0 Å². The van der Waals surface area contributed by atoms with Crippen molar-refractivity contribution in [1.82, 2.24) is 0 Å². The minimum Gasteiger partial charge on any atom is -0.496 e. The first kappa shape index (κ1) is 14.6. The van der Waals surface area contributed by atoms with Crippen LogP contribution in [-0.2, 0) is 0 Å². The molecule has 0 fully saturated rings. The third-order valence-corrected chi connectivity index (χ3v) is 3.69. The van der Waals surface area contributed by atoms with E-state index < -0.39 is 6.10 Å². The molecule has 0 aromatic heterocycles. The van der Waals surface area contributed by atoms with Gasteiger partial charge in [-0.25, -0.2) is 0 Å². The molecule has 2 rings (SSSR count). The zero-order valence-corrected chi connectivity index (χ0v) is 12.8. The van der Waals surface area contributed by atoms with E-state index in [1.54, 1.807) is 7.11 Å². The highest BCUT2D eigenvalue weighted by Crippen LogP contribution is 2.34. The van der Waals surface area contributed by atoms with Crippen LogP contribution in [0.1, 0.15) is 39.5 Å². The molecule has 0 aliphatic heterocycles. The highest BCUT2D eigenvalue weighted by atomic mass is 16.5. The molecule has 1 N–H and O–H groups in total. The first-order valence-electron chi connectivity index (χ1n) is 6.84. The van der Waals surface area contributed by atoms with E-state index in [0.29, 0.717) is 0 Å². The standard InChI is InChI=1S/C18H22O2/c1-11-6-7-16(20-5)15(10-11)18(19)17-13(3)8-12(2)9-14(17)4/h6-10,18-19H,1-5H3. The van der Waals surface area contributed by atoms with Gasteiger partial charge in [-0.3, -0.25) is 0 Å². The normalized spacial score (nSPS) is 12.3. The SMILES string of the molecule is COc1ccc(C)cc1C(O)c1c(C)cc(C)cc1C. The molecule has 0 saturated carbocycles. The van der Waals surface area contributed by atoms with Crippen LogP contribution in [0.2, 0.25) is 0 Å². The molecule has 0 aliphatic rings. The Labute approximate surface area is 121 Å². The number of hydrogen-bond donors (Lipinski definition) is 1. The number of methoxy groups -OCH3 is 1. The van der Waals surface area contributed by atoms with Crippen molar-refractivity contribution < 1.29 is 9.84 Å². The van der Waals surface area contributed by atoms with Gasteiger partial charge in [0.1, 0.15) is 11.9 Å². The first-order valence-corrected chi connectivity index (χ1v) is 6.84. The molecular weight excluding hydrogens is 248 g/mol. The van der Waals surface area contributed by atoms with Crippen LogP contribution in [0.4, 0.5) is 0 Å². The summed E-state index contributed by atoms with van der Waals surface area (Å²) in [5, 5.41) is 10.8. The van der Waals surface area contributed by atoms with Gasteiger partial charge in [0.2, 0.25) is 0 Å². The number of benzene rings is 2. The quantitative estimate of drug-likeness (QED) is 0.913. The zero-order valence-electron chi connectivity index (χ0n) is 12.8. The van der Waals surface area contributed by atoms with Crippen LogP contribution in [0.15, 0.2) is 30.3 Å². The van der Waals surface area contributed by atoms with Crippen molar-refractivity contribution in [3.63, 3.8) is 0 Å². The van der Waals surface area contributed by atoms with Crippen LogP contribution in [0, 0.1) is 27.7 Å². The lowest BCUT2D eigenvalue weighted by Crippen LogP contribution is -2.07. The van der Waals surface area contributed by atoms with Gasteiger partial charge in [0.05, 0.1) is 7.11 Å². The van der Waals surface area contributed by atoms with Gasteiger partial charge in [0.15, 0.2) is 0 Å². The van der Waals surface area contributed by atoms with Crippen LogP contribution < -0.4 is 4.74 Å². The van der Waals surface area contributed by atoms with Gasteiger partial charge >= 0.3 is 0 Å². The molecule has 2 heteroatoms. The number of aryl methyl sites for hydroxylation is 4. The molecule has 106 valence electrons. The van der Waals surface area contributed by atoms with Gasteiger partial charge in [-0.15, -0.1) is 0 Å². The highest BCUT2D eigenvalue weighted by Gasteiger charge is 2.19. The summed E-state index contributed by atoms with van der Waals surface area (Å²) in [5.74, 6) is 0.725. The third-order valence-electron chi connectivity index (χ3n) is 3.69.